The van der Waals surface area contributed by atoms with Gasteiger partial charge in [0.2, 0.25) is 0 Å². The molecule has 0 N–H and O–H groups in total. The number of benzene rings is 1. The van der Waals surface area contributed by atoms with E-state index in [1.54, 1.807) is 18.2 Å². The molecule has 96 valence electrons. The van der Waals surface area contributed by atoms with Crippen LogP contribution in [0.15, 0.2) is 24.3 Å². The Labute approximate surface area is 108 Å². The molecule has 1 aliphatic heterocycles. The van der Waals surface area contributed by atoms with Crippen LogP contribution in [0.25, 0.3) is 0 Å². The highest BCUT2D eigenvalue weighted by atomic mass is 16.5. The summed E-state index contributed by atoms with van der Waals surface area (Å²) in [6.45, 7) is -0.448. The van der Waals surface area contributed by atoms with Crippen LogP contribution in [0.5, 0.6) is 5.75 Å². The maximum atomic E-state index is 11.9. The lowest BCUT2D eigenvalue weighted by Gasteiger charge is -2.13. The number of amides is 4. The van der Waals surface area contributed by atoms with Gasteiger partial charge in [0, 0.05) is 0 Å². The SMILES string of the molecule is COc1ccc(N2C(=O)C(=O)N(CC#N)C2=O)cc1. The molecule has 0 bridgehead atoms. The standard InChI is InChI=1S/C12H9N3O4/c1-19-9-4-2-8(3-5-9)15-11(17)10(16)14(7-6-13)12(15)18/h2-5H,7H2,1H3. The highest BCUT2D eigenvalue weighted by Gasteiger charge is 2.45. The molecule has 1 saturated heterocycles. The first-order chi connectivity index (χ1) is 9.10. The summed E-state index contributed by atoms with van der Waals surface area (Å²) in [6, 6.07) is 6.94. The van der Waals surface area contributed by atoms with E-state index in [1.165, 1.54) is 19.2 Å². The summed E-state index contributed by atoms with van der Waals surface area (Å²) in [5.41, 5.74) is 0.254. The molecule has 1 aromatic rings. The van der Waals surface area contributed by atoms with Crippen LogP contribution < -0.4 is 9.64 Å². The van der Waals surface area contributed by atoms with Crippen LogP contribution in [0.4, 0.5) is 10.5 Å². The van der Waals surface area contributed by atoms with Gasteiger partial charge >= 0.3 is 17.8 Å². The van der Waals surface area contributed by atoms with E-state index in [9.17, 15) is 14.4 Å². The molecule has 1 fully saturated rings. The summed E-state index contributed by atoms with van der Waals surface area (Å²) in [4.78, 5) is 36.5. The second kappa shape index (κ2) is 4.78. The summed E-state index contributed by atoms with van der Waals surface area (Å²) in [7, 11) is 1.49. The van der Waals surface area contributed by atoms with Crippen LogP contribution in [-0.4, -0.2) is 36.4 Å². The van der Waals surface area contributed by atoms with Crippen molar-refractivity contribution in [2.24, 2.45) is 0 Å². The minimum absolute atomic E-state index is 0.254. The normalized spacial score (nSPS) is 14.8. The fraction of sp³-hybridized carbons (Fsp3) is 0.167. The van der Waals surface area contributed by atoms with Crippen LogP contribution in [0.1, 0.15) is 0 Å². The Hall–Kier alpha value is -2.88. The van der Waals surface area contributed by atoms with Crippen LogP contribution >= 0.6 is 0 Å². The van der Waals surface area contributed by atoms with Gasteiger partial charge in [-0.25, -0.2) is 14.6 Å². The number of rotatable bonds is 3. The van der Waals surface area contributed by atoms with Gasteiger partial charge in [-0.1, -0.05) is 0 Å². The highest BCUT2D eigenvalue weighted by Crippen LogP contribution is 2.24. The lowest BCUT2D eigenvalue weighted by atomic mass is 10.3. The lowest BCUT2D eigenvalue weighted by molar-refractivity contribution is -0.139. The van der Waals surface area contributed by atoms with E-state index < -0.39 is 24.4 Å². The third kappa shape index (κ3) is 1.99. The second-order valence-corrected chi connectivity index (χ2v) is 3.67. The molecule has 0 saturated carbocycles. The minimum Gasteiger partial charge on any atom is -0.497 e. The molecule has 0 unspecified atom stereocenters. The summed E-state index contributed by atoms with van der Waals surface area (Å²) >= 11 is 0. The maximum Gasteiger partial charge on any atom is 0.339 e. The van der Waals surface area contributed by atoms with Gasteiger partial charge in [0.25, 0.3) is 0 Å². The molecule has 0 spiro atoms. The van der Waals surface area contributed by atoms with E-state index in [1.807, 2.05) is 0 Å². The number of hydrogen-bond donors (Lipinski definition) is 0. The van der Waals surface area contributed by atoms with Crippen molar-refractivity contribution in [3.8, 4) is 11.8 Å². The number of hydrogen-bond acceptors (Lipinski definition) is 5. The number of anilines is 1. The summed E-state index contributed by atoms with van der Waals surface area (Å²) < 4.78 is 4.96. The van der Waals surface area contributed by atoms with Crippen molar-refractivity contribution in [2.45, 2.75) is 0 Å². The zero-order chi connectivity index (χ0) is 14.0. The smallest absolute Gasteiger partial charge is 0.339 e. The van der Waals surface area contributed by atoms with Gasteiger partial charge in [0.15, 0.2) is 0 Å². The van der Waals surface area contributed by atoms with Crippen molar-refractivity contribution in [2.75, 3.05) is 18.6 Å². The number of carbonyl (C=O) groups excluding carboxylic acids is 3. The third-order valence-corrected chi connectivity index (χ3v) is 2.61. The van der Waals surface area contributed by atoms with Crippen LogP contribution in [0.2, 0.25) is 0 Å². The van der Waals surface area contributed by atoms with E-state index in [0.717, 1.165) is 4.90 Å². The van der Waals surface area contributed by atoms with Crippen LogP contribution in [-0.2, 0) is 9.59 Å². The average molecular weight is 259 g/mol. The van der Waals surface area contributed by atoms with Crippen molar-refractivity contribution in [3.63, 3.8) is 0 Å². The number of carbonyl (C=O) groups is 3. The van der Waals surface area contributed by atoms with Gasteiger partial charge in [-0.15, -0.1) is 0 Å². The molecule has 7 nitrogen and oxygen atoms in total. The summed E-state index contributed by atoms with van der Waals surface area (Å²) in [5, 5.41) is 8.53. The summed E-state index contributed by atoms with van der Waals surface area (Å²) in [6.07, 6.45) is 0. The Morgan fingerprint density at radius 3 is 2.32 bits per heavy atom. The van der Waals surface area contributed by atoms with Gasteiger partial charge < -0.3 is 4.74 Å². The number of urea groups is 1. The van der Waals surface area contributed by atoms with Crippen molar-refractivity contribution in [3.05, 3.63) is 24.3 Å². The molecule has 1 heterocycles. The summed E-state index contributed by atoms with van der Waals surface area (Å²) in [5.74, 6) is -1.41. The first-order valence-corrected chi connectivity index (χ1v) is 5.31. The molecule has 7 heteroatoms. The largest absolute Gasteiger partial charge is 0.497 e. The Morgan fingerprint density at radius 2 is 1.79 bits per heavy atom. The van der Waals surface area contributed by atoms with E-state index in [2.05, 4.69) is 0 Å². The molecule has 1 aromatic carbocycles. The monoisotopic (exact) mass is 259 g/mol. The molecule has 0 radical (unpaired) electrons. The van der Waals surface area contributed by atoms with Crippen LogP contribution in [0, 0.1) is 11.3 Å². The predicted octanol–water partition coefficient (Wildman–Crippen LogP) is 0.514. The van der Waals surface area contributed by atoms with Gasteiger partial charge in [0.1, 0.15) is 12.3 Å². The molecular weight excluding hydrogens is 250 g/mol. The van der Waals surface area contributed by atoms with Crippen molar-refractivity contribution >= 4 is 23.5 Å². The molecule has 1 aliphatic rings. The Bertz CT molecular complexity index is 588. The quantitative estimate of drug-likeness (QED) is 0.448. The molecule has 0 atom stereocenters. The molecule has 19 heavy (non-hydrogen) atoms. The Morgan fingerprint density at radius 1 is 1.16 bits per heavy atom. The maximum absolute atomic E-state index is 11.9. The molecular formula is C12H9N3O4. The molecule has 0 aliphatic carbocycles. The third-order valence-electron chi connectivity index (χ3n) is 2.61. The molecule has 2 rings (SSSR count). The van der Waals surface area contributed by atoms with E-state index in [0.29, 0.717) is 10.6 Å². The van der Waals surface area contributed by atoms with Gasteiger partial charge in [0.05, 0.1) is 18.9 Å². The van der Waals surface area contributed by atoms with E-state index >= 15 is 0 Å². The van der Waals surface area contributed by atoms with Crippen molar-refractivity contribution in [1.29, 1.82) is 5.26 Å². The van der Waals surface area contributed by atoms with E-state index in [-0.39, 0.29) is 5.69 Å². The van der Waals surface area contributed by atoms with Gasteiger partial charge in [-0.05, 0) is 24.3 Å². The van der Waals surface area contributed by atoms with Crippen LogP contribution in [0.3, 0.4) is 0 Å². The first-order valence-electron chi connectivity index (χ1n) is 5.31. The first kappa shape index (κ1) is 12.6. The van der Waals surface area contributed by atoms with Crippen molar-refractivity contribution in [1.82, 2.24) is 4.90 Å². The van der Waals surface area contributed by atoms with Gasteiger partial charge in [-0.2, -0.15) is 5.26 Å². The minimum atomic E-state index is -0.998. The van der Waals surface area contributed by atoms with E-state index in [4.69, 9.17) is 10.00 Å². The topological polar surface area (TPSA) is 90.7 Å². The predicted molar refractivity (Wildman–Crippen MR) is 63.2 cm³/mol. The molecule has 0 aromatic heterocycles. The highest BCUT2D eigenvalue weighted by molar-refractivity contribution is 6.52. The average Bonchev–Trinajstić information content (AvgIpc) is 2.64. The molecule has 4 amide bonds. The number of nitrogens with zero attached hydrogens (tertiary/aromatic N) is 3. The fourth-order valence-corrected chi connectivity index (χ4v) is 1.67. The van der Waals surface area contributed by atoms with Gasteiger partial charge in [-0.3, -0.25) is 9.59 Å². The number of imide groups is 2. The zero-order valence-electron chi connectivity index (χ0n) is 9.99. The lowest BCUT2D eigenvalue weighted by Crippen LogP contribution is -2.33. The fourth-order valence-electron chi connectivity index (χ4n) is 1.67. The number of methoxy groups -OCH3 is 1. The Balaban J connectivity index is 2.34. The Kier molecular flexibility index (Phi) is 3.16. The zero-order valence-corrected chi connectivity index (χ0v) is 9.99. The second-order valence-electron chi connectivity index (χ2n) is 3.67. The number of nitriles is 1. The number of ether oxygens (including phenoxy) is 1. The van der Waals surface area contributed by atoms with Crippen molar-refractivity contribution < 1.29 is 19.1 Å².